The standard InChI is InChI=1S/C21H30N4O2/c1-15-13-16(23-22-15)14-25-9-7-21(8-10-25)18-6-4-3-5-17(18)19(20(21)27)24(2)11-12-26/h3-6,13,19-20,26-27H,7-12,14H2,1-2H3,(H,22,23)/t19-,20+/m1/s1. The van der Waals surface area contributed by atoms with Gasteiger partial charge in [-0.25, -0.2) is 0 Å². The Morgan fingerprint density at radius 2 is 2.04 bits per heavy atom. The zero-order chi connectivity index (χ0) is 19.0. The number of aliphatic hydroxyl groups is 2. The predicted molar refractivity (Wildman–Crippen MR) is 104 cm³/mol. The Morgan fingerprint density at radius 1 is 1.30 bits per heavy atom. The van der Waals surface area contributed by atoms with Gasteiger partial charge in [0.2, 0.25) is 0 Å². The molecule has 0 amide bonds. The van der Waals surface area contributed by atoms with Crippen LogP contribution in [0.15, 0.2) is 30.3 Å². The summed E-state index contributed by atoms with van der Waals surface area (Å²) < 4.78 is 0. The number of rotatable bonds is 5. The maximum Gasteiger partial charge on any atom is 0.0834 e. The number of fused-ring (bicyclic) bond motifs is 2. The first-order valence-electron chi connectivity index (χ1n) is 9.87. The number of likely N-dealkylation sites (tertiary alicyclic amines) is 1. The van der Waals surface area contributed by atoms with Crippen LogP contribution in [0.2, 0.25) is 0 Å². The van der Waals surface area contributed by atoms with Crippen molar-refractivity contribution in [1.82, 2.24) is 20.0 Å². The molecule has 2 heterocycles. The fourth-order valence-electron chi connectivity index (χ4n) is 5.08. The molecule has 2 aliphatic rings. The number of aliphatic hydroxyl groups excluding tert-OH is 2. The molecule has 0 bridgehead atoms. The van der Waals surface area contributed by atoms with Crippen molar-refractivity contribution in [3.8, 4) is 0 Å². The van der Waals surface area contributed by atoms with Crippen molar-refractivity contribution in [2.24, 2.45) is 0 Å². The summed E-state index contributed by atoms with van der Waals surface area (Å²) in [6.07, 6.45) is 1.44. The third-order valence-corrected chi connectivity index (χ3v) is 6.50. The van der Waals surface area contributed by atoms with Crippen LogP contribution >= 0.6 is 0 Å². The van der Waals surface area contributed by atoms with Gasteiger partial charge in [0.1, 0.15) is 0 Å². The highest BCUT2D eigenvalue weighted by Crippen LogP contribution is 2.52. The molecule has 1 aliphatic carbocycles. The molecule has 0 saturated carbocycles. The van der Waals surface area contributed by atoms with Gasteiger partial charge in [-0.1, -0.05) is 24.3 Å². The lowest BCUT2D eigenvalue weighted by atomic mass is 9.72. The van der Waals surface area contributed by atoms with E-state index in [1.165, 1.54) is 11.1 Å². The van der Waals surface area contributed by atoms with E-state index in [2.05, 4.69) is 50.3 Å². The molecule has 0 radical (unpaired) electrons. The van der Waals surface area contributed by atoms with Gasteiger partial charge in [0.25, 0.3) is 0 Å². The molecule has 0 unspecified atom stereocenters. The second-order valence-corrected chi connectivity index (χ2v) is 8.16. The normalized spacial score (nSPS) is 24.6. The van der Waals surface area contributed by atoms with Crippen molar-refractivity contribution >= 4 is 0 Å². The molecule has 27 heavy (non-hydrogen) atoms. The van der Waals surface area contributed by atoms with E-state index in [-0.39, 0.29) is 18.1 Å². The molecular weight excluding hydrogens is 340 g/mol. The third-order valence-electron chi connectivity index (χ3n) is 6.50. The molecule has 6 heteroatoms. The Bertz CT molecular complexity index is 782. The van der Waals surface area contributed by atoms with Crippen LogP contribution in [0.1, 0.15) is 41.4 Å². The van der Waals surface area contributed by atoms with Crippen LogP contribution in [0.25, 0.3) is 0 Å². The number of hydrogen-bond donors (Lipinski definition) is 3. The van der Waals surface area contributed by atoms with Gasteiger partial charge in [-0.2, -0.15) is 5.10 Å². The van der Waals surface area contributed by atoms with Crippen LogP contribution in [-0.2, 0) is 12.0 Å². The molecule has 3 N–H and O–H groups in total. The van der Waals surface area contributed by atoms with Crippen LogP contribution in [-0.4, -0.2) is 69.6 Å². The van der Waals surface area contributed by atoms with Crippen molar-refractivity contribution in [3.63, 3.8) is 0 Å². The summed E-state index contributed by atoms with van der Waals surface area (Å²) in [5.41, 5.74) is 4.49. The van der Waals surface area contributed by atoms with E-state index in [0.29, 0.717) is 6.54 Å². The number of aromatic nitrogens is 2. The van der Waals surface area contributed by atoms with Crippen LogP contribution < -0.4 is 0 Å². The Morgan fingerprint density at radius 3 is 2.70 bits per heavy atom. The number of likely N-dealkylation sites (N-methyl/N-ethyl adjacent to an activating group) is 1. The quantitative estimate of drug-likeness (QED) is 0.745. The van der Waals surface area contributed by atoms with Crippen molar-refractivity contribution < 1.29 is 10.2 Å². The van der Waals surface area contributed by atoms with Crippen LogP contribution in [0.5, 0.6) is 0 Å². The second kappa shape index (κ2) is 7.36. The minimum atomic E-state index is -0.443. The smallest absolute Gasteiger partial charge is 0.0834 e. The highest BCUT2D eigenvalue weighted by molar-refractivity contribution is 5.45. The van der Waals surface area contributed by atoms with E-state index in [4.69, 9.17) is 0 Å². The zero-order valence-electron chi connectivity index (χ0n) is 16.2. The first-order valence-corrected chi connectivity index (χ1v) is 9.87. The Labute approximate surface area is 160 Å². The molecule has 2 aromatic rings. The molecule has 2 atom stereocenters. The monoisotopic (exact) mass is 370 g/mol. The lowest BCUT2D eigenvalue weighted by molar-refractivity contribution is -0.0127. The number of H-pyrrole nitrogens is 1. The first kappa shape index (κ1) is 18.6. The van der Waals surface area contributed by atoms with Crippen LogP contribution in [0, 0.1) is 6.92 Å². The maximum absolute atomic E-state index is 11.4. The summed E-state index contributed by atoms with van der Waals surface area (Å²) in [7, 11) is 1.99. The molecule has 1 aromatic carbocycles. The van der Waals surface area contributed by atoms with Gasteiger partial charge in [0, 0.05) is 24.2 Å². The lowest BCUT2D eigenvalue weighted by Gasteiger charge is -2.43. The SMILES string of the molecule is Cc1cc(CN2CCC3(CC2)c2ccccc2[C@@H](N(C)CCO)[C@@H]3O)n[nH]1. The first-order chi connectivity index (χ1) is 13.0. The average Bonchev–Trinajstić information content (AvgIpc) is 3.17. The van der Waals surface area contributed by atoms with Crippen LogP contribution in [0.3, 0.4) is 0 Å². The summed E-state index contributed by atoms with van der Waals surface area (Å²) >= 11 is 0. The molecular formula is C21H30N4O2. The van der Waals surface area contributed by atoms with Crippen molar-refractivity contribution in [2.45, 2.75) is 43.9 Å². The van der Waals surface area contributed by atoms with Gasteiger partial charge in [0.05, 0.1) is 24.4 Å². The molecule has 1 aliphatic heterocycles. The second-order valence-electron chi connectivity index (χ2n) is 8.16. The molecule has 1 spiro atoms. The molecule has 146 valence electrons. The summed E-state index contributed by atoms with van der Waals surface area (Å²) in [5.74, 6) is 0. The van der Waals surface area contributed by atoms with E-state index < -0.39 is 6.10 Å². The van der Waals surface area contributed by atoms with Gasteiger partial charge >= 0.3 is 0 Å². The van der Waals surface area contributed by atoms with Crippen molar-refractivity contribution in [3.05, 3.63) is 52.8 Å². The highest BCUT2D eigenvalue weighted by Gasteiger charge is 2.53. The third kappa shape index (κ3) is 3.21. The molecule has 1 aromatic heterocycles. The van der Waals surface area contributed by atoms with E-state index in [9.17, 15) is 10.2 Å². The van der Waals surface area contributed by atoms with Crippen molar-refractivity contribution in [2.75, 3.05) is 33.3 Å². The van der Waals surface area contributed by atoms with E-state index in [0.717, 1.165) is 43.9 Å². The molecule has 1 fully saturated rings. The van der Waals surface area contributed by atoms with E-state index >= 15 is 0 Å². The molecule has 6 nitrogen and oxygen atoms in total. The number of piperidine rings is 1. The Hall–Kier alpha value is -1.73. The topological polar surface area (TPSA) is 75.6 Å². The summed E-state index contributed by atoms with van der Waals surface area (Å²) in [4.78, 5) is 4.53. The summed E-state index contributed by atoms with van der Waals surface area (Å²) in [6, 6.07) is 10.5. The Kier molecular flexibility index (Phi) is 5.07. The molecule has 1 saturated heterocycles. The number of nitrogens with zero attached hydrogens (tertiary/aromatic N) is 3. The van der Waals surface area contributed by atoms with Gasteiger partial charge in [-0.3, -0.25) is 14.9 Å². The van der Waals surface area contributed by atoms with Crippen LogP contribution in [0.4, 0.5) is 0 Å². The number of aryl methyl sites for hydroxylation is 1. The minimum absolute atomic E-state index is 0.0473. The zero-order valence-corrected chi connectivity index (χ0v) is 16.2. The van der Waals surface area contributed by atoms with Gasteiger partial charge in [0.15, 0.2) is 0 Å². The summed E-state index contributed by atoms with van der Waals surface area (Å²) in [5, 5.41) is 28.1. The Balaban J connectivity index is 1.54. The number of aromatic amines is 1. The summed E-state index contributed by atoms with van der Waals surface area (Å²) in [6.45, 7) is 5.45. The van der Waals surface area contributed by atoms with Crippen molar-refractivity contribution in [1.29, 1.82) is 0 Å². The van der Waals surface area contributed by atoms with Gasteiger partial charge in [-0.15, -0.1) is 0 Å². The fourth-order valence-corrected chi connectivity index (χ4v) is 5.08. The maximum atomic E-state index is 11.4. The minimum Gasteiger partial charge on any atom is -0.395 e. The highest BCUT2D eigenvalue weighted by atomic mass is 16.3. The van der Waals surface area contributed by atoms with E-state index in [1.807, 2.05) is 14.0 Å². The number of benzene rings is 1. The lowest BCUT2D eigenvalue weighted by Crippen LogP contribution is -2.49. The largest absolute Gasteiger partial charge is 0.395 e. The van der Waals surface area contributed by atoms with Gasteiger partial charge in [-0.05, 0) is 57.1 Å². The van der Waals surface area contributed by atoms with Gasteiger partial charge < -0.3 is 10.2 Å². The number of hydrogen-bond acceptors (Lipinski definition) is 5. The van der Waals surface area contributed by atoms with E-state index in [1.54, 1.807) is 0 Å². The predicted octanol–water partition coefficient (Wildman–Crippen LogP) is 1.59. The molecule has 4 rings (SSSR count). The fraction of sp³-hybridized carbons (Fsp3) is 0.571. The average molecular weight is 370 g/mol. The number of nitrogens with one attached hydrogen (secondary N) is 1.